The average molecular weight is 612 g/mol. The predicted molar refractivity (Wildman–Crippen MR) is 163 cm³/mol. The number of amides is 4. The first-order chi connectivity index (χ1) is 21.2. The Balaban J connectivity index is 1.72. The number of unbranched alkanes of at least 4 members (excludes halogenated alkanes) is 2. The fourth-order valence-corrected chi connectivity index (χ4v) is 6.08. The van der Waals surface area contributed by atoms with Crippen LogP contribution in [0.3, 0.4) is 0 Å². The summed E-state index contributed by atoms with van der Waals surface area (Å²) in [6, 6.07) is 3.64. The third kappa shape index (κ3) is 7.34. The molecule has 4 amide bonds. The van der Waals surface area contributed by atoms with Crippen molar-refractivity contribution in [3.05, 3.63) is 36.0 Å². The lowest BCUT2D eigenvalue weighted by Crippen LogP contribution is -2.62. The SMILES string of the molecule is CCC(C)C1NC(=O)[C@H](c2cn(OC)c3ccccc23)NC(=O)[C@H](CCCCCC(=O)OC)NC(=O)[C@H]2CCCCN2C1=O. The van der Waals surface area contributed by atoms with Crippen molar-refractivity contribution in [3.63, 3.8) is 0 Å². The van der Waals surface area contributed by atoms with Crippen LogP contribution in [0.25, 0.3) is 10.9 Å². The molecule has 2 aliphatic rings. The number of methoxy groups -OCH3 is 1. The molecule has 0 radical (unpaired) electrons. The van der Waals surface area contributed by atoms with Gasteiger partial charge in [-0.15, -0.1) is 0 Å². The molecule has 3 N–H and O–H groups in total. The van der Waals surface area contributed by atoms with E-state index in [1.807, 2.05) is 38.1 Å². The molecule has 44 heavy (non-hydrogen) atoms. The molecule has 0 aliphatic carbocycles. The predicted octanol–water partition coefficient (Wildman–Crippen LogP) is 2.39. The maximum atomic E-state index is 14.1. The molecule has 5 atom stereocenters. The van der Waals surface area contributed by atoms with Crippen LogP contribution in [0.4, 0.5) is 0 Å². The molecule has 0 spiro atoms. The van der Waals surface area contributed by atoms with E-state index in [0.29, 0.717) is 61.5 Å². The van der Waals surface area contributed by atoms with Crippen LogP contribution in [0.5, 0.6) is 0 Å². The van der Waals surface area contributed by atoms with Gasteiger partial charge in [-0.25, -0.2) is 0 Å². The molecular formula is C32H45N5O7. The summed E-state index contributed by atoms with van der Waals surface area (Å²) in [6.07, 6.45) is 6.62. The van der Waals surface area contributed by atoms with E-state index in [4.69, 9.17) is 9.57 Å². The highest BCUT2D eigenvalue weighted by Gasteiger charge is 2.41. The average Bonchev–Trinajstić information content (AvgIpc) is 3.42. The molecule has 2 unspecified atom stereocenters. The van der Waals surface area contributed by atoms with Gasteiger partial charge in [0.2, 0.25) is 23.6 Å². The molecule has 2 aliphatic heterocycles. The van der Waals surface area contributed by atoms with Crippen molar-refractivity contribution >= 4 is 40.5 Å². The van der Waals surface area contributed by atoms with E-state index < -0.39 is 36.0 Å². The standard InChI is InChI=1S/C32H45N5O7/c1-5-20(2)27-32(42)36-18-12-11-16-25(36)30(40)33-23(14-7-6-8-17-26(38)43-3)29(39)35-28(31(41)34-27)22-19-37(44-4)24-15-10-9-13-21(22)24/h9-10,13,15,19-20,23,25,27-28H,5-8,11-12,14,16-18H2,1-4H3,(H,33,40)(H,34,41)(H,35,39)/t20?,23-,25+,27?,28-/m0/s1. The maximum Gasteiger partial charge on any atom is 0.305 e. The van der Waals surface area contributed by atoms with Crippen LogP contribution in [0.15, 0.2) is 30.5 Å². The first kappa shape index (κ1) is 32.8. The van der Waals surface area contributed by atoms with E-state index in [-0.39, 0.29) is 30.1 Å². The number of ether oxygens (including phenoxy) is 1. The number of carbonyl (C=O) groups is 5. The summed E-state index contributed by atoms with van der Waals surface area (Å²) in [4.78, 5) is 74.4. The Morgan fingerprint density at radius 1 is 0.977 bits per heavy atom. The van der Waals surface area contributed by atoms with Crippen LogP contribution in [0.2, 0.25) is 0 Å². The van der Waals surface area contributed by atoms with Crippen LogP contribution in [-0.4, -0.2) is 78.1 Å². The largest absolute Gasteiger partial charge is 0.469 e. The fourth-order valence-electron chi connectivity index (χ4n) is 6.08. The number of rotatable bonds is 10. The highest BCUT2D eigenvalue weighted by molar-refractivity contribution is 6.00. The number of carbonyl (C=O) groups excluding carboxylic acids is 5. The maximum absolute atomic E-state index is 14.1. The number of benzene rings is 1. The van der Waals surface area contributed by atoms with Gasteiger partial charge in [0, 0.05) is 23.9 Å². The Hall–Kier alpha value is -4.09. The number of piperidine rings is 1. The van der Waals surface area contributed by atoms with E-state index in [2.05, 4.69) is 16.0 Å². The van der Waals surface area contributed by atoms with Crippen molar-refractivity contribution in [1.29, 1.82) is 0 Å². The molecule has 4 rings (SSSR count). The smallest absolute Gasteiger partial charge is 0.305 e. The van der Waals surface area contributed by atoms with Gasteiger partial charge in [-0.3, -0.25) is 24.0 Å². The summed E-state index contributed by atoms with van der Waals surface area (Å²) in [6.45, 7) is 4.24. The van der Waals surface area contributed by atoms with E-state index in [1.54, 1.807) is 11.1 Å². The Morgan fingerprint density at radius 2 is 1.75 bits per heavy atom. The second-order valence-corrected chi connectivity index (χ2v) is 11.7. The lowest BCUT2D eigenvalue weighted by molar-refractivity contribution is -0.147. The number of aromatic nitrogens is 1. The zero-order valence-electron chi connectivity index (χ0n) is 26.1. The van der Waals surface area contributed by atoms with Crippen molar-refractivity contribution < 1.29 is 33.5 Å². The van der Waals surface area contributed by atoms with Crippen LogP contribution in [-0.2, 0) is 28.7 Å². The topological polar surface area (TPSA) is 148 Å². The summed E-state index contributed by atoms with van der Waals surface area (Å²) >= 11 is 0. The van der Waals surface area contributed by atoms with Gasteiger partial charge in [0.1, 0.15) is 31.3 Å². The minimum Gasteiger partial charge on any atom is -0.469 e. The van der Waals surface area contributed by atoms with Gasteiger partial charge in [0.05, 0.1) is 18.8 Å². The van der Waals surface area contributed by atoms with Crippen LogP contribution < -0.4 is 20.8 Å². The number of hydrogen-bond acceptors (Lipinski definition) is 7. The summed E-state index contributed by atoms with van der Waals surface area (Å²) < 4.78 is 6.23. The Bertz CT molecular complexity index is 1360. The monoisotopic (exact) mass is 611 g/mol. The summed E-state index contributed by atoms with van der Waals surface area (Å²) in [5.74, 6) is -2.21. The molecular weight excluding hydrogens is 566 g/mol. The molecule has 1 aromatic heterocycles. The summed E-state index contributed by atoms with van der Waals surface area (Å²) in [5.41, 5.74) is 1.21. The Kier molecular flexibility index (Phi) is 11.2. The molecule has 2 fully saturated rings. The molecule has 2 aromatic rings. The number of hydrogen-bond donors (Lipinski definition) is 3. The van der Waals surface area contributed by atoms with E-state index >= 15 is 0 Å². The molecule has 0 bridgehead atoms. The Morgan fingerprint density at radius 3 is 2.48 bits per heavy atom. The van der Waals surface area contributed by atoms with Crippen LogP contribution in [0, 0.1) is 5.92 Å². The van der Waals surface area contributed by atoms with E-state index in [1.165, 1.54) is 19.0 Å². The minimum absolute atomic E-state index is 0.213. The fraction of sp³-hybridized carbons (Fsp3) is 0.594. The first-order valence-corrected chi connectivity index (χ1v) is 15.6. The molecule has 2 saturated heterocycles. The number of nitrogens with one attached hydrogen (secondary N) is 3. The Labute approximate surface area is 258 Å². The third-order valence-corrected chi connectivity index (χ3v) is 8.86. The highest BCUT2D eigenvalue weighted by Crippen LogP contribution is 2.28. The van der Waals surface area contributed by atoms with Crippen molar-refractivity contribution in [1.82, 2.24) is 25.6 Å². The van der Waals surface area contributed by atoms with E-state index in [9.17, 15) is 24.0 Å². The van der Waals surface area contributed by atoms with Gasteiger partial charge in [0.15, 0.2) is 0 Å². The molecule has 12 nitrogen and oxygen atoms in total. The summed E-state index contributed by atoms with van der Waals surface area (Å²) in [7, 11) is 2.85. The third-order valence-electron chi connectivity index (χ3n) is 8.86. The number of fused-ring (bicyclic) bond motifs is 2. The first-order valence-electron chi connectivity index (χ1n) is 15.6. The molecule has 3 heterocycles. The van der Waals surface area contributed by atoms with Gasteiger partial charge < -0.3 is 30.4 Å². The van der Waals surface area contributed by atoms with Crippen molar-refractivity contribution in [2.24, 2.45) is 5.92 Å². The number of para-hydroxylation sites is 1. The van der Waals surface area contributed by atoms with Crippen LogP contribution in [0.1, 0.15) is 83.2 Å². The van der Waals surface area contributed by atoms with Crippen molar-refractivity contribution in [2.75, 3.05) is 20.8 Å². The molecule has 240 valence electrons. The van der Waals surface area contributed by atoms with Gasteiger partial charge in [-0.1, -0.05) is 51.3 Å². The van der Waals surface area contributed by atoms with Gasteiger partial charge >= 0.3 is 5.97 Å². The second kappa shape index (κ2) is 15.1. The quantitative estimate of drug-likeness (QED) is 0.276. The minimum atomic E-state index is -1.17. The van der Waals surface area contributed by atoms with Crippen LogP contribution >= 0.6 is 0 Å². The van der Waals surface area contributed by atoms with Crippen molar-refractivity contribution in [3.8, 4) is 0 Å². The molecule has 12 heteroatoms. The lowest BCUT2D eigenvalue weighted by atomic mass is 9.93. The van der Waals surface area contributed by atoms with Gasteiger partial charge in [-0.05, 0) is 44.1 Å². The number of nitrogens with zero attached hydrogens (tertiary/aromatic N) is 2. The zero-order chi connectivity index (χ0) is 31.8. The summed E-state index contributed by atoms with van der Waals surface area (Å²) in [5, 5.41) is 9.48. The van der Waals surface area contributed by atoms with Gasteiger partial charge in [0.25, 0.3) is 0 Å². The van der Waals surface area contributed by atoms with E-state index in [0.717, 1.165) is 12.8 Å². The zero-order valence-corrected chi connectivity index (χ0v) is 26.1. The highest BCUT2D eigenvalue weighted by atomic mass is 16.6. The molecule has 0 saturated carbocycles. The molecule has 1 aromatic carbocycles. The second-order valence-electron chi connectivity index (χ2n) is 11.7. The lowest BCUT2D eigenvalue weighted by Gasteiger charge is -2.39. The number of esters is 1. The van der Waals surface area contributed by atoms with Crippen molar-refractivity contribution in [2.45, 2.75) is 95.8 Å². The normalized spacial score (nSPS) is 23.9. The van der Waals surface area contributed by atoms with Gasteiger partial charge in [-0.2, -0.15) is 4.73 Å².